The van der Waals surface area contributed by atoms with Crippen molar-refractivity contribution in [2.45, 2.75) is 38.3 Å². The summed E-state index contributed by atoms with van der Waals surface area (Å²) in [6.07, 6.45) is 0.104. The lowest BCUT2D eigenvalue weighted by Crippen LogP contribution is -2.47. The molecule has 0 bridgehead atoms. The zero-order chi connectivity index (χ0) is 15.7. The fourth-order valence-corrected chi connectivity index (χ4v) is 1.32. The molecule has 0 fully saturated rings. The van der Waals surface area contributed by atoms with Crippen molar-refractivity contribution < 1.29 is 29.4 Å². The zero-order valence-electron chi connectivity index (χ0n) is 11.1. The van der Waals surface area contributed by atoms with Gasteiger partial charge in [-0.2, -0.15) is 0 Å². The Hall–Kier alpha value is -2.16. The number of carboxylic acid groups (broad SMARTS) is 2. The van der Waals surface area contributed by atoms with Crippen LogP contribution >= 0.6 is 0 Å². The molecule has 20 heavy (non-hydrogen) atoms. The first-order valence-corrected chi connectivity index (χ1v) is 6.05. The Bertz CT molecular complexity index is 384. The predicted molar refractivity (Wildman–Crippen MR) is 67.7 cm³/mol. The largest absolute Gasteiger partial charge is 0.480 e. The van der Waals surface area contributed by atoms with E-state index in [9.17, 15) is 19.2 Å². The normalized spacial score (nSPS) is 13.1. The number of carboxylic acids is 2. The van der Waals surface area contributed by atoms with Crippen LogP contribution in [-0.2, 0) is 19.2 Å². The molecule has 0 spiro atoms. The molecule has 0 aliphatic carbocycles. The van der Waals surface area contributed by atoms with Gasteiger partial charge in [0.15, 0.2) is 0 Å². The molecule has 0 saturated carbocycles. The molecule has 0 aliphatic rings. The van der Waals surface area contributed by atoms with Crippen LogP contribution in [0.25, 0.3) is 0 Å². The second-order valence-electron chi connectivity index (χ2n) is 4.12. The van der Waals surface area contributed by atoms with Crippen molar-refractivity contribution in [3.8, 4) is 0 Å². The number of nitrogens with one attached hydrogen (secondary N) is 2. The lowest BCUT2D eigenvalue weighted by molar-refractivity contribution is -0.139. The van der Waals surface area contributed by atoms with E-state index in [4.69, 9.17) is 15.9 Å². The minimum Gasteiger partial charge on any atom is -0.480 e. The Kier molecular flexibility index (Phi) is 7.90. The van der Waals surface area contributed by atoms with E-state index in [1.54, 1.807) is 6.92 Å². The highest BCUT2D eigenvalue weighted by atomic mass is 16.4. The van der Waals surface area contributed by atoms with Crippen LogP contribution < -0.4 is 16.4 Å². The maximum absolute atomic E-state index is 11.6. The Morgan fingerprint density at radius 2 is 1.80 bits per heavy atom. The van der Waals surface area contributed by atoms with E-state index in [0.29, 0.717) is 0 Å². The highest BCUT2D eigenvalue weighted by Crippen LogP contribution is 1.98. The van der Waals surface area contributed by atoms with Gasteiger partial charge in [-0.1, -0.05) is 6.92 Å². The summed E-state index contributed by atoms with van der Waals surface area (Å²) in [5.74, 6) is -3.51. The highest BCUT2D eigenvalue weighted by Gasteiger charge is 2.20. The molecule has 0 aromatic rings. The molecule has 114 valence electrons. The third-order valence-corrected chi connectivity index (χ3v) is 2.47. The Morgan fingerprint density at radius 1 is 1.20 bits per heavy atom. The molecular formula is C11H19N3O6. The van der Waals surface area contributed by atoms with Gasteiger partial charge < -0.3 is 26.6 Å². The lowest BCUT2D eigenvalue weighted by atomic mass is 10.1. The number of amides is 2. The Balaban J connectivity index is 4.21. The van der Waals surface area contributed by atoms with Gasteiger partial charge in [-0.15, -0.1) is 0 Å². The van der Waals surface area contributed by atoms with Gasteiger partial charge in [-0.3, -0.25) is 19.2 Å². The smallest absolute Gasteiger partial charge is 0.322 e. The molecule has 0 rings (SSSR count). The molecule has 0 unspecified atom stereocenters. The van der Waals surface area contributed by atoms with Gasteiger partial charge in [0.25, 0.3) is 0 Å². The molecule has 0 aromatic heterocycles. The van der Waals surface area contributed by atoms with E-state index < -0.39 is 42.4 Å². The summed E-state index contributed by atoms with van der Waals surface area (Å²) >= 11 is 0. The van der Waals surface area contributed by atoms with Gasteiger partial charge in [0.05, 0.1) is 0 Å². The Morgan fingerprint density at radius 3 is 2.25 bits per heavy atom. The van der Waals surface area contributed by atoms with Crippen LogP contribution in [0.4, 0.5) is 0 Å². The molecule has 2 amide bonds. The molecule has 0 heterocycles. The molecule has 6 N–H and O–H groups in total. The number of hydrogen-bond donors (Lipinski definition) is 5. The van der Waals surface area contributed by atoms with Crippen LogP contribution in [0.3, 0.4) is 0 Å². The second-order valence-corrected chi connectivity index (χ2v) is 4.12. The van der Waals surface area contributed by atoms with Crippen molar-refractivity contribution in [3.05, 3.63) is 0 Å². The number of rotatable bonds is 9. The fraction of sp³-hybridized carbons (Fsp3) is 0.636. The third kappa shape index (κ3) is 7.31. The summed E-state index contributed by atoms with van der Waals surface area (Å²) in [5.41, 5.74) is 5.24. The van der Waals surface area contributed by atoms with Gasteiger partial charge in [-0.25, -0.2) is 0 Å². The van der Waals surface area contributed by atoms with Gasteiger partial charge in [-0.05, 0) is 12.8 Å². The van der Waals surface area contributed by atoms with E-state index in [-0.39, 0.29) is 19.3 Å². The topological polar surface area (TPSA) is 159 Å². The van der Waals surface area contributed by atoms with Crippen molar-refractivity contribution in [2.24, 2.45) is 5.73 Å². The van der Waals surface area contributed by atoms with E-state index in [0.717, 1.165) is 0 Å². The predicted octanol–water partition coefficient (Wildman–Crippen LogP) is -1.73. The molecule has 0 radical (unpaired) electrons. The van der Waals surface area contributed by atoms with Crippen molar-refractivity contribution in [2.75, 3.05) is 6.54 Å². The molecule has 0 aromatic carbocycles. The monoisotopic (exact) mass is 289 g/mol. The minimum atomic E-state index is -1.20. The van der Waals surface area contributed by atoms with Crippen molar-refractivity contribution >= 4 is 23.8 Å². The number of hydrogen-bond acceptors (Lipinski definition) is 5. The van der Waals surface area contributed by atoms with Crippen LogP contribution in [0, 0.1) is 0 Å². The number of carbonyl (C=O) groups is 4. The highest BCUT2D eigenvalue weighted by molar-refractivity contribution is 5.89. The van der Waals surface area contributed by atoms with Gasteiger partial charge in [0.2, 0.25) is 11.8 Å². The first kappa shape index (κ1) is 17.8. The Labute approximate surface area is 115 Å². The van der Waals surface area contributed by atoms with E-state index >= 15 is 0 Å². The summed E-state index contributed by atoms with van der Waals surface area (Å²) in [6.45, 7) is 1.11. The zero-order valence-corrected chi connectivity index (χ0v) is 11.1. The van der Waals surface area contributed by atoms with Crippen LogP contribution in [0.5, 0.6) is 0 Å². The van der Waals surface area contributed by atoms with Crippen molar-refractivity contribution in [1.29, 1.82) is 0 Å². The number of carbonyl (C=O) groups excluding carboxylic acids is 2. The summed E-state index contributed by atoms with van der Waals surface area (Å²) in [5, 5.41) is 21.5. The molecular weight excluding hydrogens is 270 g/mol. The fourth-order valence-electron chi connectivity index (χ4n) is 1.32. The molecule has 0 aliphatic heterocycles. The molecule has 9 heteroatoms. The van der Waals surface area contributed by atoms with Crippen LogP contribution in [0.15, 0.2) is 0 Å². The average Bonchev–Trinajstić information content (AvgIpc) is 2.38. The maximum atomic E-state index is 11.6. The van der Waals surface area contributed by atoms with Gasteiger partial charge in [0.1, 0.15) is 18.6 Å². The molecule has 9 nitrogen and oxygen atoms in total. The number of aliphatic carboxylic acids is 2. The summed E-state index contributed by atoms with van der Waals surface area (Å²) in [7, 11) is 0. The average molecular weight is 289 g/mol. The minimum absolute atomic E-state index is 0.0473. The summed E-state index contributed by atoms with van der Waals surface area (Å²) < 4.78 is 0. The number of nitrogens with two attached hydrogens (primary N) is 1. The van der Waals surface area contributed by atoms with E-state index in [1.165, 1.54) is 0 Å². The third-order valence-electron chi connectivity index (χ3n) is 2.47. The lowest BCUT2D eigenvalue weighted by Gasteiger charge is -2.16. The second kappa shape index (κ2) is 8.86. The first-order chi connectivity index (χ1) is 9.27. The van der Waals surface area contributed by atoms with Crippen LogP contribution in [0.2, 0.25) is 0 Å². The van der Waals surface area contributed by atoms with Crippen molar-refractivity contribution in [1.82, 2.24) is 10.6 Å². The van der Waals surface area contributed by atoms with Gasteiger partial charge in [0, 0.05) is 6.42 Å². The van der Waals surface area contributed by atoms with Gasteiger partial charge >= 0.3 is 11.9 Å². The first-order valence-electron chi connectivity index (χ1n) is 6.05. The van der Waals surface area contributed by atoms with Crippen molar-refractivity contribution in [3.63, 3.8) is 0 Å². The van der Waals surface area contributed by atoms with E-state index in [2.05, 4.69) is 10.6 Å². The molecule has 2 atom stereocenters. The van der Waals surface area contributed by atoms with Crippen LogP contribution in [0.1, 0.15) is 26.2 Å². The van der Waals surface area contributed by atoms with E-state index in [1.807, 2.05) is 0 Å². The summed E-state index contributed by atoms with van der Waals surface area (Å²) in [4.78, 5) is 43.9. The molecule has 0 saturated heterocycles. The SMILES string of the molecule is CC[C@H](NC(=O)CC[C@H](N)C(=O)O)C(=O)NCC(=O)O. The summed E-state index contributed by atoms with van der Waals surface area (Å²) in [6, 6.07) is -2.00. The quantitative estimate of drug-likeness (QED) is 0.337. The van der Waals surface area contributed by atoms with Crippen LogP contribution in [-0.4, -0.2) is 52.6 Å². The standard InChI is InChI=1S/C11H19N3O6/c1-2-7(10(18)13-5-9(16)17)14-8(15)4-3-6(12)11(19)20/h6-7H,2-5,12H2,1H3,(H,13,18)(H,14,15)(H,16,17)(H,19,20)/t6-,7-/m0/s1. The maximum Gasteiger partial charge on any atom is 0.322 e.